The van der Waals surface area contributed by atoms with Gasteiger partial charge in [-0.2, -0.15) is 0 Å². The minimum atomic E-state index is -3.43. The summed E-state index contributed by atoms with van der Waals surface area (Å²) in [6.07, 6.45) is 0. The van der Waals surface area contributed by atoms with Crippen molar-refractivity contribution in [1.29, 1.82) is 0 Å². The monoisotopic (exact) mass is 289 g/mol. The van der Waals surface area contributed by atoms with Crippen LogP contribution in [-0.2, 0) is 13.7 Å². The molecule has 0 amide bonds. The molecule has 0 N–H and O–H groups in total. The van der Waals surface area contributed by atoms with Crippen LogP contribution in [0.4, 0.5) is 5.69 Å². The third-order valence-electron chi connectivity index (χ3n) is 0.985. The van der Waals surface area contributed by atoms with E-state index in [-0.39, 0.29) is 0 Å². The molecule has 1 aromatic rings. The quantitative estimate of drug-likeness (QED) is 0.690. The summed E-state index contributed by atoms with van der Waals surface area (Å²) in [7, 11) is 16.9. The van der Waals surface area contributed by atoms with E-state index in [1.807, 2.05) is 30.3 Å². The molecular formula is C6H5Cl3NNb. The number of benzene rings is 1. The molecule has 5 heteroatoms. The van der Waals surface area contributed by atoms with Crippen LogP contribution in [0.1, 0.15) is 0 Å². The summed E-state index contributed by atoms with van der Waals surface area (Å²) in [6, 6.07) is 9.25. The van der Waals surface area contributed by atoms with Gasteiger partial charge < -0.3 is 0 Å². The van der Waals surface area contributed by atoms with Crippen molar-refractivity contribution in [2.45, 2.75) is 0 Å². The van der Waals surface area contributed by atoms with Crippen molar-refractivity contribution in [3.8, 4) is 0 Å². The topological polar surface area (TPSA) is 12.4 Å². The van der Waals surface area contributed by atoms with Crippen LogP contribution in [0.2, 0.25) is 0 Å². The predicted octanol–water partition coefficient (Wildman–Crippen LogP) is 4.12. The van der Waals surface area contributed by atoms with Crippen LogP contribution >= 0.6 is 27.6 Å². The fraction of sp³-hybridized carbons (Fsp3) is 0. The molecule has 1 aromatic carbocycles. The Morgan fingerprint density at radius 2 is 1.55 bits per heavy atom. The Morgan fingerprint density at radius 3 is 2.00 bits per heavy atom. The summed E-state index contributed by atoms with van der Waals surface area (Å²) in [4.78, 5) is 0. The van der Waals surface area contributed by atoms with Crippen LogP contribution in [0, 0.1) is 0 Å². The van der Waals surface area contributed by atoms with E-state index in [1.165, 1.54) is 0 Å². The molecule has 0 bridgehead atoms. The Hall–Kier alpha value is 0.630. The predicted molar refractivity (Wildman–Crippen MR) is 46.1 cm³/mol. The zero-order chi connectivity index (χ0) is 8.32. The zero-order valence-corrected chi connectivity index (χ0v) is 9.88. The van der Waals surface area contributed by atoms with E-state index in [0.29, 0.717) is 0 Å². The van der Waals surface area contributed by atoms with E-state index in [0.717, 1.165) is 5.69 Å². The van der Waals surface area contributed by atoms with Crippen LogP contribution in [0.15, 0.2) is 33.7 Å². The second-order valence-electron chi connectivity index (χ2n) is 1.85. The van der Waals surface area contributed by atoms with Gasteiger partial charge in [-0.25, -0.2) is 0 Å². The average Bonchev–Trinajstić information content (AvgIpc) is 1.85. The molecule has 60 valence electrons. The maximum atomic E-state index is 5.63. The van der Waals surface area contributed by atoms with Crippen LogP contribution < -0.4 is 0 Å². The van der Waals surface area contributed by atoms with Crippen molar-refractivity contribution >= 4 is 33.3 Å². The second kappa shape index (κ2) is 4.04. The van der Waals surface area contributed by atoms with Crippen molar-refractivity contribution in [3.05, 3.63) is 30.3 Å². The van der Waals surface area contributed by atoms with Gasteiger partial charge in [-0.3, -0.25) is 0 Å². The third-order valence-corrected chi connectivity index (χ3v) is 3.45. The first-order valence-electron chi connectivity index (χ1n) is 2.84. The van der Waals surface area contributed by atoms with Crippen LogP contribution in [0.3, 0.4) is 0 Å². The summed E-state index contributed by atoms with van der Waals surface area (Å²) >= 11 is -3.43. The Balaban J connectivity index is 2.98. The van der Waals surface area contributed by atoms with Crippen molar-refractivity contribution in [1.82, 2.24) is 0 Å². The average molecular weight is 290 g/mol. The zero-order valence-electron chi connectivity index (χ0n) is 5.42. The fourth-order valence-corrected chi connectivity index (χ4v) is 3.15. The van der Waals surface area contributed by atoms with Gasteiger partial charge in [0.15, 0.2) is 0 Å². The summed E-state index contributed by atoms with van der Waals surface area (Å²) in [5.74, 6) is 0. The van der Waals surface area contributed by atoms with E-state index >= 15 is 0 Å². The van der Waals surface area contributed by atoms with Gasteiger partial charge in [-0.05, 0) is 0 Å². The van der Waals surface area contributed by atoms with Crippen LogP contribution in [0.25, 0.3) is 0 Å². The van der Waals surface area contributed by atoms with Crippen molar-refractivity contribution in [3.63, 3.8) is 0 Å². The van der Waals surface area contributed by atoms with Crippen molar-refractivity contribution in [2.75, 3.05) is 0 Å². The number of hydrogen-bond acceptors (Lipinski definition) is 1. The molecule has 0 heterocycles. The molecule has 0 spiro atoms. The van der Waals surface area contributed by atoms with Gasteiger partial charge in [0, 0.05) is 0 Å². The Morgan fingerprint density at radius 1 is 1.00 bits per heavy atom. The van der Waals surface area contributed by atoms with E-state index in [9.17, 15) is 0 Å². The number of hydrogen-bond donors (Lipinski definition) is 0. The van der Waals surface area contributed by atoms with Gasteiger partial charge in [-0.15, -0.1) is 0 Å². The Kier molecular flexibility index (Phi) is 3.56. The van der Waals surface area contributed by atoms with Gasteiger partial charge in [0.25, 0.3) is 0 Å². The van der Waals surface area contributed by atoms with Crippen molar-refractivity contribution < 1.29 is 13.7 Å². The van der Waals surface area contributed by atoms with Crippen LogP contribution in [-0.4, -0.2) is 0 Å². The second-order valence-corrected chi connectivity index (χ2v) is 16.2. The van der Waals surface area contributed by atoms with E-state index in [2.05, 4.69) is 3.34 Å². The molecule has 0 aliphatic heterocycles. The molecule has 0 radical (unpaired) electrons. The molecule has 0 fully saturated rings. The van der Waals surface area contributed by atoms with Gasteiger partial charge in [0.2, 0.25) is 0 Å². The third kappa shape index (κ3) is 4.26. The minimum absolute atomic E-state index is 0.749. The first kappa shape index (κ1) is 9.72. The molecule has 0 aliphatic carbocycles. The van der Waals surface area contributed by atoms with Gasteiger partial charge in [0.05, 0.1) is 0 Å². The fourth-order valence-electron chi connectivity index (χ4n) is 0.626. The summed E-state index contributed by atoms with van der Waals surface area (Å²) in [6.45, 7) is 0. The molecule has 11 heavy (non-hydrogen) atoms. The molecule has 0 unspecified atom stereocenters. The Bertz CT molecular complexity index is 271. The number of rotatable bonds is 1. The van der Waals surface area contributed by atoms with Gasteiger partial charge in [0.1, 0.15) is 0 Å². The number of halogens is 3. The molecular weight excluding hydrogens is 285 g/mol. The summed E-state index contributed by atoms with van der Waals surface area (Å²) < 4.78 is 3.99. The SMILES string of the molecule is [Cl][Nb]([Cl])([Cl])=[N]c1ccccc1. The molecule has 0 atom stereocenters. The molecule has 0 aromatic heterocycles. The van der Waals surface area contributed by atoms with Gasteiger partial charge in [-0.1, -0.05) is 0 Å². The standard InChI is InChI=1S/C6H5N.3ClH.Nb/c7-6-4-2-1-3-5-6;;;;/h1-5H;3*1H;/q;;;;+3/p-3. The van der Waals surface area contributed by atoms with Crippen LogP contribution in [0.5, 0.6) is 0 Å². The molecule has 0 saturated carbocycles. The molecule has 1 rings (SSSR count). The Labute approximate surface area is 80.1 Å². The summed E-state index contributed by atoms with van der Waals surface area (Å²) in [5, 5.41) is 0. The van der Waals surface area contributed by atoms with Crippen molar-refractivity contribution in [2.24, 2.45) is 3.34 Å². The maximum absolute atomic E-state index is 5.63. The number of nitrogens with zero attached hydrogens (tertiary/aromatic N) is 1. The van der Waals surface area contributed by atoms with E-state index in [1.54, 1.807) is 0 Å². The molecule has 0 aliphatic rings. The van der Waals surface area contributed by atoms with E-state index < -0.39 is 13.7 Å². The first-order valence-corrected chi connectivity index (χ1v) is 12.3. The molecule has 0 saturated heterocycles. The normalized spacial score (nSPS) is 11.2. The summed E-state index contributed by atoms with van der Waals surface area (Å²) in [5.41, 5.74) is 0.749. The first-order chi connectivity index (χ1) is 5.08. The van der Waals surface area contributed by atoms with E-state index in [4.69, 9.17) is 27.6 Å². The molecule has 1 nitrogen and oxygen atoms in total. The van der Waals surface area contributed by atoms with Gasteiger partial charge >= 0.3 is 80.6 Å².